The number of aromatic nitrogens is 1. The van der Waals surface area contributed by atoms with Crippen LogP contribution in [0.1, 0.15) is 44.5 Å². The third-order valence-corrected chi connectivity index (χ3v) is 4.64. The van der Waals surface area contributed by atoms with Crippen molar-refractivity contribution in [1.29, 1.82) is 0 Å². The zero-order chi connectivity index (χ0) is 15.2. The smallest absolute Gasteiger partial charge is 0.0547 e. The van der Waals surface area contributed by atoms with E-state index in [0.29, 0.717) is 6.04 Å². The molecule has 0 amide bonds. The largest absolute Gasteiger partial charge is 0.314 e. The molecule has 3 unspecified atom stereocenters. The lowest BCUT2D eigenvalue weighted by Gasteiger charge is -2.37. The molecule has 3 heteroatoms. The van der Waals surface area contributed by atoms with Crippen molar-refractivity contribution in [3.8, 4) is 0 Å². The van der Waals surface area contributed by atoms with Gasteiger partial charge in [0.15, 0.2) is 0 Å². The van der Waals surface area contributed by atoms with Crippen LogP contribution in [0.4, 0.5) is 0 Å². The van der Waals surface area contributed by atoms with E-state index in [1.165, 1.54) is 25.0 Å². The van der Waals surface area contributed by atoms with E-state index in [-0.39, 0.29) is 0 Å². The molecule has 0 aliphatic heterocycles. The summed E-state index contributed by atoms with van der Waals surface area (Å²) in [5, 5.41) is 3.69. The van der Waals surface area contributed by atoms with Crippen LogP contribution >= 0.6 is 0 Å². The molecule has 3 atom stereocenters. The Balaban J connectivity index is 1.91. The SMILES string of the molecule is CCNC1CCC(C)CC1CN(C)Cc1cccc(C)n1. The zero-order valence-electron chi connectivity index (χ0n) is 14.1. The minimum absolute atomic E-state index is 0.694. The minimum Gasteiger partial charge on any atom is -0.314 e. The molecule has 0 spiro atoms. The van der Waals surface area contributed by atoms with Crippen molar-refractivity contribution in [2.24, 2.45) is 11.8 Å². The van der Waals surface area contributed by atoms with Gasteiger partial charge < -0.3 is 10.2 Å². The summed E-state index contributed by atoms with van der Waals surface area (Å²) in [7, 11) is 2.23. The number of rotatable bonds is 6. The van der Waals surface area contributed by atoms with Gasteiger partial charge in [-0.05, 0) is 63.7 Å². The normalized spacial score (nSPS) is 26.2. The zero-order valence-corrected chi connectivity index (χ0v) is 14.1. The highest BCUT2D eigenvalue weighted by molar-refractivity contribution is 5.09. The summed E-state index contributed by atoms with van der Waals surface area (Å²) in [5.41, 5.74) is 2.29. The number of hydrogen-bond acceptors (Lipinski definition) is 3. The Morgan fingerprint density at radius 3 is 2.86 bits per heavy atom. The minimum atomic E-state index is 0.694. The lowest BCUT2D eigenvalue weighted by molar-refractivity contribution is 0.157. The summed E-state index contributed by atoms with van der Waals surface area (Å²) in [6.07, 6.45) is 4.05. The molecule has 0 bridgehead atoms. The van der Waals surface area contributed by atoms with Crippen molar-refractivity contribution in [1.82, 2.24) is 15.2 Å². The van der Waals surface area contributed by atoms with Crippen LogP contribution in [0.2, 0.25) is 0 Å². The lowest BCUT2D eigenvalue weighted by atomic mass is 9.78. The van der Waals surface area contributed by atoms with E-state index in [1.54, 1.807) is 0 Å². The van der Waals surface area contributed by atoms with Gasteiger partial charge in [0.05, 0.1) is 5.69 Å². The van der Waals surface area contributed by atoms with E-state index < -0.39 is 0 Å². The predicted octanol–water partition coefficient (Wildman–Crippen LogP) is 3.24. The van der Waals surface area contributed by atoms with E-state index in [1.807, 2.05) is 0 Å². The van der Waals surface area contributed by atoms with Gasteiger partial charge in [0.2, 0.25) is 0 Å². The van der Waals surface area contributed by atoms with Crippen LogP contribution in [0.25, 0.3) is 0 Å². The van der Waals surface area contributed by atoms with Gasteiger partial charge in [-0.3, -0.25) is 4.98 Å². The number of pyridine rings is 1. The van der Waals surface area contributed by atoms with Gasteiger partial charge in [-0.15, -0.1) is 0 Å². The fraction of sp³-hybridized carbons (Fsp3) is 0.722. The first-order chi connectivity index (χ1) is 10.1. The van der Waals surface area contributed by atoms with E-state index in [9.17, 15) is 0 Å². The summed E-state index contributed by atoms with van der Waals surface area (Å²) >= 11 is 0. The molecule has 1 saturated carbocycles. The van der Waals surface area contributed by atoms with Crippen molar-refractivity contribution in [2.75, 3.05) is 20.1 Å². The summed E-state index contributed by atoms with van der Waals surface area (Å²) in [6, 6.07) is 7.00. The molecule has 118 valence electrons. The maximum absolute atomic E-state index is 4.62. The topological polar surface area (TPSA) is 28.2 Å². The molecule has 1 heterocycles. The Labute approximate surface area is 130 Å². The standard InChI is InChI=1S/C18H31N3/c1-5-19-18-10-9-14(2)11-16(18)12-21(4)13-17-8-6-7-15(3)20-17/h6-8,14,16,18-19H,5,9-13H2,1-4H3. The summed E-state index contributed by atoms with van der Waals surface area (Å²) in [4.78, 5) is 7.06. The first kappa shape index (κ1) is 16.4. The highest BCUT2D eigenvalue weighted by Gasteiger charge is 2.28. The molecule has 1 aliphatic carbocycles. The number of nitrogens with one attached hydrogen (secondary N) is 1. The molecule has 0 aromatic carbocycles. The second-order valence-corrected chi connectivity index (χ2v) is 6.81. The van der Waals surface area contributed by atoms with E-state index in [4.69, 9.17) is 0 Å². The summed E-state index contributed by atoms with van der Waals surface area (Å²) in [5.74, 6) is 1.64. The number of aryl methyl sites for hydroxylation is 1. The quantitative estimate of drug-likeness (QED) is 0.871. The average molecular weight is 289 g/mol. The van der Waals surface area contributed by atoms with Crippen molar-refractivity contribution in [2.45, 2.75) is 52.6 Å². The maximum Gasteiger partial charge on any atom is 0.0547 e. The van der Waals surface area contributed by atoms with Gasteiger partial charge in [-0.1, -0.05) is 19.9 Å². The van der Waals surface area contributed by atoms with Gasteiger partial charge >= 0.3 is 0 Å². The van der Waals surface area contributed by atoms with E-state index in [2.05, 4.69) is 61.2 Å². The van der Waals surface area contributed by atoms with Crippen LogP contribution in [-0.2, 0) is 6.54 Å². The Bertz CT molecular complexity index is 432. The molecule has 0 saturated heterocycles. The Kier molecular flexibility index (Phi) is 6.19. The third-order valence-electron chi connectivity index (χ3n) is 4.64. The molecule has 21 heavy (non-hydrogen) atoms. The molecule has 1 N–H and O–H groups in total. The molecular weight excluding hydrogens is 258 g/mol. The van der Waals surface area contributed by atoms with E-state index in [0.717, 1.165) is 37.2 Å². The molecule has 2 rings (SSSR count). The van der Waals surface area contributed by atoms with Crippen LogP contribution in [0.5, 0.6) is 0 Å². The van der Waals surface area contributed by atoms with Crippen LogP contribution in [0.3, 0.4) is 0 Å². The monoisotopic (exact) mass is 289 g/mol. The van der Waals surface area contributed by atoms with Gasteiger partial charge in [0.1, 0.15) is 0 Å². The maximum atomic E-state index is 4.62. The van der Waals surface area contributed by atoms with Crippen molar-refractivity contribution >= 4 is 0 Å². The van der Waals surface area contributed by atoms with Crippen molar-refractivity contribution in [3.05, 3.63) is 29.6 Å². The van der Waals surface area contributed by atoms with Crippen LogP contribution in [-0.4, -0.2) is 36.1 Å². The molecule has 0 radical (unpaired) electrons. The average Bonchev–Trinajstić information content (AvgIpc) is 2.42. The second kappa shape index (κ2) is 7.90. The number of nitrogens with zero attached hydrogens (tertiary/aromatic N) is 2. The Morgan fingerprint density at radius 1 is 1.33 bits per heavy atom. The molecule has 1 aromatic heterocycles. The van der Waals surface area contributed by atoms with Crippen molar-refractivity contribution < 1.29 is 0 Å². The Morgan fingerprint density at radius 2 is 2.14 bits per heavy atom. The molecule has 1 aromatic rings. The van der Waals surface area contributed by atoms with Crippen molar-refractivity contribution in [3.63, 3.8) is 0 Å². The van der Waals surface area contributed by atoms with E-state index >= 15 is 0 Å². The first-order valence-electron chi connectivity index (χ1n) is 8.43. The summed E-state index contributed by atoms with van der Waals surface area (Å²) in [6.45, 7) is 9.88. The van der Waals surface area contributed by atoms with Crippen LogP contribution in [0, 0.1) is 18.8 Å². The van der Waals surface area contributed by atoms with Crippen LogP contribution < -0.4 is 5.32 Å². The Hall–Kier alpha value is -0.930. The molecular formula is C18H31N3. The predicted molar refractivity (Wildman–Crippen MR) is 89.3 cm³/mol. The number of hydrogen-bond donors (Lipinski definition) is 1. The third kappa shape index (κ3) is 5.08. The lowest BCUT2D eigenvalue weighted by Crippen LogP contribution is -2.44. The van der Waals surface area contributed by atoms with Crippen LogP contribution in [0.15, 0.2) is 18.2 Å². The van der Waals surface area contributed by atoms with Gasteiger partial charge in [-0.2, -0.15) is 0 Å². The first-order valence-corrected chi connectivity index (χ1v) is 8.43. The summed E-state index contributed by atoms with van der Waals surface area (Å²) < 4.78 is 0. The highest BCUT2D eigenvalue weighted by atomic mass is 15.1. The highest BCUT2D eigenvalue weighted by Crippen LogP contribution is 2.29. The van der Waals surface area contributed by atoms with Gasteiger partial charge in [0.25, 0.3) is 0 Å². The fourth-order valence-electron chi connectivity index (χ4n) is 3.66. The van der Waals surface area contributed by atoms with Gasteiger partial charge in [0, 0.05) is 24.8 Å². The van der Waals surface area contributed by atoms with Gasteiger partial charge in [-0.25, -0.2) is 0 Å². The molecule has 3 nitrogen and oxygen atoms in total. The molecule has 1 aliphatic rings. The second-order valence-electron chi connectivity index (χ2n) is 6.81. The fourth-order valence-corrected chi connectivity index (χ4v) is 3.66. The molecule has 1 fully saturated rings.